The van der Waals surface area contributed by atoms with Crippen LogP contribution in [0.1, 0.15) is 34.1 Å². The van der Waals surface area contributed by atoms with E-state index in [-0.39, 0.29) is 16.7 Å². The summed E-state index contributed by atoms with van der Waals surface area (Å²) in [4.78, 5) is 11.9. The van der Waals surface area contributed by atoms with Crippen LogP contribution in [0.2, 0.25) is 0 Å². The number of rotatable bonds is 7. The van der Waals surface area contributed by atoms with Crippen LogP contribution in [0, 0.1) is 0 Å². The monoisotopic (exact) mass is 301 g/mol. The van der Waals surface area contributed by atoms with Crippen LogP contribution < -0.4 is 5.32 Å². The smallest absolute Gasteiger partial charge is 0.233 e. The zero-order valence-corrected chi connectivity index (χ0v) is 13.5. The summed E-state index contributed by atoms with van der Waals surface area (Å²) < 4.78 is 6.66. The van der Waals surface area contributed by atoms with Gasteiger partial charge in [-0.1, -0.05) is 11.8 Å². The third-order valence-corrected chi connectivity index (χ3v) is 3.59. The fourth-order valence-corrected chi connectivity index (χ4v) is 2.46. The minimum Gasteiger partial charge on any atom is -0.385 e. The Labute approximate surface area is 123 Å². The first-order valence-electron chi connectivity index (χ1n) is 6.58. The third kappa shape index (κ3) is 5.09. The lowest BCUT2D eigenvalue weighted by Crippen LogP contribution is -2.33. The Balaban J connectivity index is 2.52. The van der Waals surface area contributed by atoms with Gasteiger partial charge in [0.15, 0.2) is 0 Å². The van der Waals surface area contributed by atoms with E-state index in [9.17, 15) is 4.79 Å². The van der Waals surface area contributed by atoms with Crippen LogP contribution in [0.15, 0.2) is 5.16 Å². The fraction of sp³-hybridized carbons (Fsp3) is 0.833. The quantitative estimate of drug-likeness (QED) is 0.599. The van der Waals surface area contributed by atoms with Gasteiger partial charge in [0.1, 0.15) is 0 Å². The maximum Gasteiger partial charge on any atom is 0.233 e. The molecule has 1 aromatic rings. The molecule has 1 N–H and O–H groups in total. The van der Waals surface area contributed by atoms with E-state index in [1.54, 1.807) is 11.8 Å². The SMILES string of the molecule is COCCCNC(=O)C(C)Sc1nnnn1C(C)(C)C. The zero-order valence-electron chi connectivity index (χ0n) is 12.7. The number of nitrogens with one attached hydrogen (secondary N) is 1. The number of carbonyl (C=O) groups is 1. The summed E-state index contributed by atoms with van der Waals surface area (Å²) in [6.07, 6.45) is 0.805. The molecule has 0 fully saturated rings. The molecule has 1 amide bonds. The summed E-state index contributed by atoms with van der Waals surface area (Å²) in [5.41, 5.74) is -0.208. The molecule has 8 heteroatoms. The molecular formula is C12H23N5O2S. The summed E-state index contributed by atoms with van der Waals surface area (Å²) in [6, 6.07) is 0. The number of hydrogen-bond acceptors (Lipinski definition) is 6. The van der Waals surface area contributed by atoms with Gasteiger partial charge < -0.3 is 10.1 Å². The third-order valence-electron chi connectivity index (χ3n) is 2.55. The van der Waals surface area contributed by atoms with Crippen molar-refractivity contribution in [1.29, 1.82) is 0 Å². The Morgan fingerprint density at radius 1 is 1.50 bits per heavy atom. The second-order valence-electron chi connectivity index (χ2n) is 5.44. The lowest BCUT2D eigenvalue weighted by molar-refractivity contribution is -0.120. The molecular weight excluding hydrogens is 278 g/mol. The van der Waals surface area contributed by atoms with Crippen molar-refractivity contribution in [3.05, 3.63) is 0 Å². The summed E-state index contributed by atoms with van der Waals surface area (Å²) in [5, 5.41) is 14.9. The lowest BCUT2D eigenvalue weighted by Gasteiger charge is -2.20. The van der Waals surface area contributed by atoms with Crippen LogP contribution in [0.3, 0.4) is 0 Å². The number of amides is 1. The van der Waals surface area contributed by atoms with Crippen LogP contribution in [0.4, 0.5) is 0 Å². The van der Waals surface area contributed by atoms with Crippen molar-refractivity contribution < 1.29 is 9.53 Å². The first kappa shape index (κ1) is 16.9. The van der Waals surface area contributed by atoms with Gasteiger partial charge in [-0.25, -0.2) is 4.68 Å². The van der Waals surface area contributed by atoms with E-state index in [1.807, 2.05) is 27.7 Å². The average Bonchev–Trinajstić information content (AvgIpc) is 2.82. The summed E-state index contributed by atoms with van der Waals surface area (Å²) in [7, 11) is 1.65. The van der Waals surface area contributed by atoms with Gasteiger partial charge in [0, 0.05) is 20.3 Å². The normalized spacial score (nSPS) is 13.2. The molecule has 20 heavy (non-hydrogen) atoms. The molecule has 7 nitrogen and oxygen atoms in total. The molecule has 1 rings (SSSR count). The first-order chi connectivity index (χ1) is 9.36. The molecule has 0 spiro atoms. The van der Waals surface area contributed by atoms with Gasteiger partial charge in [-0.05, 0) is 44.5 Å². The van der Waals surface area contributed by atoms with Gasteiger partial charge in [0.25, 0.3) is 0 Å². The number of tetrazole rings is 1. The number of nitrogens with zero attached hydrogens (tertiary/aromatic N) is 4. The van der Waals surface area contributed by atoms with E-state index < -0.39 is 0 Å². The van der Waals surface area contributed by atoms with Gasteiger partial charge in [-0.2, -0.15) is 0 Å². The van der Waals surface area contributed by atoms with Crippen molar-refractivity contribution in [3.63, 3.8) is 0 Å². The maximum atomic E-state index is 11.9. The molecule has 0 aliphatic rings. The molecule has 1 heterocycles. The van der Waals surface area contributed by atoms with E-state index in [0.717, 1.165) is 6.42 Å². The van der Waals surface area contributed by atoms with Gasteiger partial charge in [-0.15, -0.1) is 5.10 Å². The Hall–Kier alpha value is -1.15. The topological polar surface area (TPSA) is 81.9 Å². The van der Waals surface area contributed by atoms with Crippen LogP contribution in [0.5, 0.6) is 0 Å². The fourth-order valence-electron chi connectivity index (χ4n) is 1.46. The van der Waals surface area contributed by atoms with Crippen LogP contribution >= 0.6 is 11.8 Å². The predicted molar refractivity (Wildman–Crippen MR) is 77.6 cm³/mol. The molecule has 0 saturated carbocycles. The first-order valence-corrected chi connectivity index (χ1v) is 7.46. The minimum atomic E-state index is -0.246. The lowest BCUT2D eigenvalue weighted by atomic mass is 10.1. The molecule has 0 aliphatic heterocycles. The molecule has 0 aromatic carbocycles. The molecule has 0 saturated heterocycles. The maximum absolute atomic E-state index is 11.9. The van der Waals surface area contributed by atoms with Gasteiger partial charge in [-0.3, -0.25) is 4.79 Å². The van der Waals surface area contributed by atoms with Crippen molar-refractivity contribution in [3.8, 4) is 0 Å². The van der Waals surface area contributed by atoms with E-state index in [4.69, 9.17) is 4.74 Å². The van der Waals surface area contributed by atoms with Crippen molar-refractivity contribution in [2.75, 3.05) is 20.3 Å². The standard InChI is InChI=1S/C12H23N5O2S/c1-9(10(18)13-7-6-8-19-5)20-11-14-15-16-17(11)12(2,3)4/h9H,6-8H2,1-5H3,(H,13,18). The molecule has 0 bridgehead atoms. The second-order valence-corrected chi connectivity index (χ2v) is 6.75. The van der Waals surface area contributed by atoms with E-state index in [0.29, 0.717) is 18.3 Å². The van der Waals surface area contributed by atoms with E-state index >= 15 is 0 Å². The highest BCUT2D eigenvalue weighted by molar-refractivity contribution is 8.00. The van der Waals surface area contributed by atoms with Gasteiger partial charge >= 0.3 is 0 Å². The number of aromatic nitrogens is 4. The average molecular weight is 301 g/mol. The van der Waals surface area contributed by atoms with Gasteiger partial charge in [0.05, 0.1) is 10.8 Å². The molecule has 0 radical (unpaired) electrons. The van der Waals surface area contributed by atoms with Gasteiger partial charge in [0.2, 0.25) is 11.1 Å². The van der Waals surface area contributed by atoms with Crippen molar-refractivity contribution >= 4 is 17.7 Å². The highest BCUT2D eigenvalue weighted by Crippen LogP contribution is 2.24. The van der Waals surface area contributed by atoms with Crippen LogP contribution in [-0.2, 0) is 15.1 Å². The molecule has 1 atom stereocenters. The van der Waals surface area contributed by atoms with Crippen molar-refractivity contribution in [2.45, 2.75) is 50.1 Å². The van der Waals surface area contributed by atoms with Crippen LogP contribution in [-0.4, -0.2) is 51.6 Å². The summed E-state index contributed by atoms with van der Waals surface area (Å²) >= 11 is 1.36. The molecule has 0 aliphatic carbocycles. The van der Waals surface area contributed by atoms with Crippen molar-refractivity contribution in [2.24, 2.45) is 0 Å². The summed E-state index contributed by atoms with van der Waals surface area (Å²) in [6.45, 7) is 9.15. The number of hydrogen-bond donors (Lipinski definition) is 1. The highest BCUT2D eigenvalue weighted by atomic mass is 32.2. The minimum absolute atomic E-state index is 0.0189. The molecule has 1 unspecified atom stereocenters. The number of carbonyl (C=O) groups excluding carboxylic acids is 1. The predicted octanol–water partition coefficient (Wildman–Crippen LogP) is 1.06. The summed E-state index contributed by atoms with van der Waals surface area (Å²) in [5.74, 6) is -0.0189. The van der Waals surface area contributed by atoms with Crippen molar-refractivity contribution in [1.82, 2.24) is 25.5 Å². The number of ether oxygens (including phenoxy) is 1. The van der Waals surface area contributed by atoms with E-state index in [1.165, 1.54) is 11.8 Å². The second kappa shape index (κ2) is 7.58. The Morgan fingerprint density at radius 2 is 2.20 bits per heavy atom. The Kier molecular flexibility index (Phi) is 6.41. The highest BCUT2D eigenvalue weighted by Gasteiger charge is 2.23. The number of methoxy groups -OCH3 is 1. The largest absolute Gasteiger partial charge is 0.385 e. The Bertz CT molecular complexity index is 430. The van der Waals surface area contributed by atoms with E-state index in [2.05, 4.69) is 20.8 Å². The van der Waals surface area contributed by atoms with Crippen LogP contribution in [0.25, 0.3) is 0 Å². The molecule has 1 aromatic heterocycles. The molecule has 114 valence electrons. The number of thioether (sulfide) groups is 1. The zero-order chi connectivity index (χ0) is 15.2. The Morgan fingerprint density at radius 3 is 2.80 bits per heavy atom.